The lowest BCUT2D eigenvalue weighted by atomic mass is 9.74. The van der Waals surface area contributed by atoms with E-state index < -0.39 is 17.9 Å². The third-order valence-electron chi connectivity index (χ3n) is 3.61. The van der Waals surface area contributed by atoms with E-state index in [1.54, 1.807) is 6.92 Å². The number of halogens is 2. The molecule has 12 heavy (non-hydrogen) atoms. The largest absolute Gasteiger partial charge is 0.368 e. The predicted octanol–water partition coefficient (Wildman–Crippen LogP) is 2.31. The lowest BCUT2D eigenvalue weighted by Crippen LogP contribution is -2.45. The maximum atomic E-state index is 13.3. The molecule has 70 valence electrons. The Morgan fingerprint density at radius 3 is 2.08 bits per heavy atom. The first-order valence-electron chi connectivity index (χ1n) is 4.49. The molecule has 0 spiro atoms. The summed E-state index contributed by atoms with van der Waals surface area (Å²) in [5, 5.41) is 0. The highest BCUT2D eigenvalue weighted by atomic mass is 19.3. The summed E-state index contributed by atoms with van der Waals surface area (Å²) < 4.78 is 31.9. The summed E-state index contributed by atoms with van der Waals surface area (Å²) in [7, 11) is 0. The molecule has 0 aromatic rings. The molecule has 3 heteroatoms. The molecule has 0 saturated carbocycles. The van der Waals surface area contributed by atoms with Crippen LogP contribution in [0.3, 0.4) is 0 Å². The molecule has 2 aliphatic rings. The summed E-state index contributed by atoms with van der Waals surface area (Å²) in [5.74, 6) is -2.92. The summed E-state index contributed by atoms with van der Waals surface area (Å²) in [6.07, 6.45) is -1.05. The smallest absolute Gasteiger partial charge is 0.278 e. The number of ether oxygens (including phenoxy) is 1. The monoisotopic (exact) mass is 176 g/mol. The maximum absolute atomic E-state index is 13.3. The van der Waals surface area contributed by atoms with E-state index in [9.17, 15) is 8.78 Å². The second kappa shape index (κ2) is 2.19. The molecule has 5 unspecified atom stereocenters. The van der Waals surface area contributed by atoms with Crippen molar-refractivity contribution in [3.63, 3.8) is 0 Å². The van der Waals surface area contributed by atoms with Crippen LogP contribution < -0.4 is 0 Å². The SMILES string of the molecule is CC1C(C)C2OC1C(C)C2(F)F. The Labute approximate surface area is 71.1 Å². The van der Waals surface area contributed by atoms with E-state index in [0.717, 1.165) is 0 Å². The van der Waals surface area contributed by atoms with E-state index >= 15 is 0 Å². The van der Waals surface area contributed by atoms with Crippen molar-refractivity contribution in [3.8, 4) is 0 Å². The van der Waals surface area contributed by atoms with Crippen LogP contribution in [-0.2, 0) is 4.74 Å². The number of fused-ring (bicyclic) bond motifs is 2. The standard InChI is InChI=1S/C9H14F2O/c1-4-5(2)8-9(10,11)6(3)7(4)12-8/h4-8H,1-3H3. The minimum atomic E-state index is -2.60. The lowest BCUT2D eigenvalue weighted by Gasteiger charge is -2.32. The van der Waals surface area contributed by atoms with Crippen molar-refractivity contribution >= 4 is 0 Å². The van der Waals surface area contributed by atoms with Gasteiger partial charge in [-0.05, 0) is 11.8 Å². The van der Waals surface area contributed by atoms with Gasteiger partial charge in [-0.1, -0.05) is 20.8 Å². The van der Waals surface area contributed by atoms with E-state index in [4.69, 9.17) is 4.74 Å². The van der Waals surface area contributed by atoms with Crippen LogP contribution in [0.1, 0.15) is 20.8 Å². The summed E-state index contributed by atoms with van der Waals surface area (Å²) in [5.41, 5.74) is 0. The molecule has 1 nitrogen and oxygen atoms in total. The van der Waals surface area contributed by atoms with Gasteiger partial charge in [0.15, 0.2) is 0 Å². The number of hydrogen-bond acceptors (Lipinski definition) is 1. The van der Waals surface area contributed by atoms with Crippen LogP contribution in [0.25, 0.3) is 0 Å². The van der Waals surface area contributed by atoms with Gasteiger partial charge < -0.3 is 4.74 Å². The zero-order chi connectivity index (χ0) is 9.09. The Kier molecular flexibility index (Phi) is 1.54. The summed E-state index contributed by atoms with van der Waals surface area (Å²) in [6, 6.07) is 0. The summed E-state index contributed by atoms with van der Waals surface area (Å²) in [4.78, 5) is 0. The van der Waals surface area contributed by atoms with E-state index in [1.807, 2.05) is 13.8 Å². The molecule has 0 aromatic carbocycles. The molecule has 2 fully saturated rings. The quantitative estimate of drug-likeness (QED) is 0.550. The van der Waals surface area contributed by atoms with Gasteiger partial charge >= 0.3 is 0 Å². The second-order valence-corrected chi connectivity index (χ2v) is 4.20. The van der Waals surface area contributed by atoms with Crippen LogP contribution >= 0.6 is 0 Å². The summed E-state index contributed by atoms with van der Waals surface area (Å²) >= 11 is 0. The van der Waals surface area contributed by atoms with Crippen molar-refractivity contribution in [2.75, 3.05) is 0 Å². The number of hydrogen-bond donors (Lipinski definition) is 0. The normalized spacial score (nSPS) is 56.2. The van der Waals surface area contributed by atoms with Crippen molar-refractivity contribution in [2.45, 2.75) is 38.9 Å². The molecule has 0 radical (unpaired) electrons. The zero-order valence-electron chi connectivity index (χ0n) is 7.55. The highest BCUT2D eigenvalue weighted by Gasteiger charge is 2.65. The van der Waals surface area contributed by atoms with Crippen molar-refractivity contribution < 1.29 is 13.5 Å². The molecule has 0 aromatic heterocycles. The number of rotatable bonds is 0. The molecular formula is C9H14F2O. The van der Waals surface area contributed by atoms with Crippen molar-refractivity contribution in [1.82, 2.24) is 0 Å². The molecule has 2 bridgehead atoms. The minimum Gasteiger partial charge on any atom is -0.368 e. The molecule has 0 N–H and O–H groups in total. The second-order valence-electron chi connectivity index (χ2n) is 4.20. The molecule has 2 aliphatic heterocycles. The Hall–Kier alpha value is -0.180. The van der Waals surface area contributed by atoms with Gasteiger partial charge in [0.25, 0.3) is 5.92 Å². The van der Waals surface area contributed by atoms with Crippen LogP contribution in [0, 0.1) is 17.8 Å². The first-order chi connectivity index (χ1) is 5.46. The first kappa shape index (κ1) is 8.42. The fraction of sp³-hybridized carbons (Fsp3) is 1.00. The predicted molar refractivity (Wildman–Crippen MR) is 41.1 cm³/mol. The molecule has 0 amide bonds. The highest BCUT2D eigenvalue weighted by Crippen LogP contribution is 2.54. The van der Waals surface area contributed by atoms with E-state index in [0.29, 0.717) is 0 Å². The molecule has 0 aliphatic carbocycles. The molecule has 2 heterocycles. The Morgan fingerprint density at radius 1 is 1.08 bits per heavy atom. The Bertz CT molecular complexity index is 205. The van der Waals surface area contributed by atoms with Crippen molar-refractivity contribution in [2.24, 2.45) is 17.8 Å². The average molecular weight is 176 g/mol. The van der Waals surface area contributed by atoms with Gasteiger partial charge in [0.2, 0.25) is 0 Å². The molecular weight excluding hydrogens is 162 g/mol. The van der Waals surface area contributed by atoms with Gasteiger partial charge in [-0.2, -0.15) is 0 Å². The van der Waals surface area contributed by atoms with Crippen LogP contribution in [-0.4, -0.2) is 18.1 Å². The summed E-state index contributed by atoms with van der Waals surface area (Å²) in [6.45, 7) is 5.45. The van der Waals surface area contributed by atoms with Gasteiger partial charge in [-0.3, -0.25) is 0 Å². The van der Waals surface area contributed by atoms with Crippen LogP contribution in [0.2, 0.25) is 0 Å². The minimum absolute atomic E-state index is 0.00111. The van der Waals surface area contributed by atoms with Crippen LogP contribution in [0.5, 0.6) is 0 Å². The van der Waals surface area contributed by atoms with Crippen molar-refractivity contribution in [3.05, 3.63) is 0 Å². The fourth-order valence-electron chi connectivity index (χ4n) is 2.48. The molecule has 2 saturated heterocycles. The van der Waals surface area contributed by atoms with Gasteiger partial charge in [0, 0.05) is 5.92 Å². The molecule has 5 atom stereocenters. The van der Waals surface area contributed by atoms with Gasteiger partial charge in [0.05, 0.1) is 6.10 Å². The fourth-order valence-corrected chi connectivity index (χ4v) is 2.48. The average Bonchev–Trinajstić information content (AvgIpc) is 2.38. The molecule has 2 rings (SSSR count). The van der Waals surface area contributed by atoms with Gasteiger partial charge in [0.1, 0.15) is 6.10 Å². The van der Waals surface area contributed by atoms with Crippen molar-refractivity contribution in [1.29, 1.82) is 0 Å². The Morgan fingerprint density at radius 2 is 1.67 bits per heavy atom. The van der Waals surface area contributed by atoms with E-state index in [2.05, 4.69) is 0 Å². The zero-order valence-corrected chi connectivity index (χ0v) is 7.55. The third kappa shape index (κ3) is 0.754. The van der Waals surface area contributed by atoms with Crippen LogP contribution in [0.4, 0.5) is 8.78 Å². The third-order valence-corrected chi connectivity index (χ3v) is 3.61. The highest BCUT2D eigenvalue weighted by molar-refractivity contribution is 5.06. The first-order valence-corrected chi connectivity index (χ1v) is 4.49. The lowest BCUT2D eigenvalue weighted by molar-refractivity contribution is -0.102. The maximum Gasteiger partial charge on any atom is 0.278 e. The van der Waals surface area contributed by atoms with E-state index in [-0.39, 0.29) is 17.9 Å². The van der Waals surface area contributed by atoms with E-state index in [1.165, 1.54) is 0 Å². The van der Waals surface area contributed by atoms with Crippen LogP contribution in [0.15, 0.2) is 0 Å². The number of alkyl halides is 2. The van der Waals surface area contributed by atoms with Gasteiger partial charge in [-0.15, -0.1) is 0 Å². The van der Waals surface area contributed by atoms with Gasteiger partial charge in [-0.25, -0.2) is 8.78 Å². The Balaban J connectivity index is 2.30. The topological polar surface area (TPSA) is 9.23 Å².